The van der Waals surface area contributed by atoms with E-state index in [1.807, 2.05) is 11.9 Å². The minimum Gasteiger partial charge on any atom is -0.376 e. The minimum absolute atomic E-state index is 0.00666. The molecule has 2 aromatic heterocycles. The number of thioether (sulfide) groups is 1. The highest BCUT2D eigenvalue weighted by molar-refractivity contribution is 7.99. The van der Waals surface area contributed by atoms with E-state index < -0.39 is 0 Å². The first kappa shape index (κ1) is 19.9. The van der Waals surface area contributed by atoms with Crippen LogP contribution in [0.1, 0.15) is 43.0 Å². The number of fused-ring (bicyclic) bond motifs is 1. The second kappa shape index (κ2) is 8.16. The van der Waals surface area contributed by atoms with E-state index >= 15 is 0 Å². The lowest BCUT2D eigenvalue weighted by molar-refractivity contribution is -0.127. The zero-order chi connectivity index (χ0) is 19.8. The zero-order valence-corrected chi connectivity index (χ0v) is 18.3. The van der Waals surface area contributed by atoms with E-state index in [-0.39, 0.29) is 17.6 Å². The quantitative estimate of drug-likeness (QED) is 0.507. The van der Waals surface area contributed by atoms with E-state index in [2.05, 4.69) is 13.8 Å². The minimum atomic E-state index is 0.00666. The molecule has 0 aromatic carbocycles. The average Bonchev–Trinajstić information content (AvgIpc) is 3.30. The normalized spacial score (nSPS) is 19.5. The molecule has 0 spiro atoms. The number of aryl methyl sites for hydroxylation is 2. The summed E-state index contributed by atoms with van der Waals surface area (Å²) in [4.78, 5) is 34.5. The number of carbonyl (C=O) groups is 1. The molecule has 1 saturated carbocycles. The SMILES string of the molecule is CCc1c(C)sc2nc(SCC(=O)N(C)C3CC3)n(CC3CCCO3)c(=O)c12. The summed E-state index contributed by atoms with van der Waals surface area (Å²) in [7, 11) is 1.87. The number of ether oxygens (including phenoxy) is 1. The van der Waals surface area contributed by atoms with E-state index in [0.717, 1.165) is 59.4 Å². The van der Waals surface area contributed by atoms with Crippen LogP contribution in [-0.4, -0.2) is 51.9 Å². The van der Waals surface area contributed by atoms with E-state index in [0.29, 0.717) is 23.5 Å². The van der Waals surface area contributed by atoms with Gasteiger partial charge in [-0.25, -0.2) is 4.98 Å². The van der Waals surface area contributed by atoms with Crippen LogP contribution in [0.15, 0.2) is 9.95 Å². The van der Waals surface area contributed by atoms with Gasteiger partial charge in [0.2, 0.25) is 5.91 Å². The van der Waals surface area contributed by atoms with E-state index in [4.69, 9.17) is 9.72 Å². The van der Waals surface area contributed by atoms with Crippen molar-refractivity contribution in [2.24, 2.45) is 0 Å². The molecule has 4 rings (SSSR count). The molecule has 1 atom stereocenters. The standard InChI is InChI=1S/C20H27N3O3S2/c1-4-15-12(2)28-18-17(15)19(25)23(10-14-6-5-9-26-14)20(21-18)27-11-16(24)22(3)13-7-8-13/h13-14H,4-11H2,1-3H3. The molecular weight excluding hydrogens is 394 g/mol. The molecule has 1 amide bonds. The molecule has 0 bridgehead atoms. The maximum Gasteiger partial charge on any atom is 0.263 e. The maximum absolute atomic E-state index is 13.4. The molecule has 1 aliphatic heterocycles. The Balaban J connectivity index is 1.68. The fraction of sp³-hybridized carbons (Fsp3) is 0.650. The molecule has 8 heteroatoms. The Bertz CT molecular complexity index is 942. The summed E-state index contributed by atoms with van der Waals surface area (Å²) in [5.41, 5.74) is 1.10. The van der Waals surface area contributed by atoms with Crippen molar-refractivity contribution in [3.8, 4) is 0 Å². The second-order valence-corrected chi connectivity index (χ2v) is 9.79. The van der Waals surface area contributed by atoms with Gasteiger partial charge < -0.3 is 9.64 Å². The van der Waals surface area contributed by atoms with Crippen LogP contribution in [0.25, 0.3) is 10.2 Å². The van der Waals surface area contributed by atoms with Gasteiger partial charge in [-0.1, -0.05) is 18.7 Å². The van der Waals surface area contributed by atoms with E-state index in [1.165, 1.54) is 11.8 Å². The lowest BCUT2D eigenvalue weighted by Crippen LogP contribution is -2.32. The van der Waals surface area contributed by atoms with Crippen molar-refractivity contribution >= 4 is 39.2 Å². The molecule has 2 aromatic rings. The topological polar surface area (TPSA) is 64.4 Å². The molecule has 1 unspecified atom stereocenters. The third-order valence-corrected chi connectivity index (χ3v) is 7.66. The Morgan fingerprint density at radius 3 is 2.82 bits per heavy atom. The predicted octanol–water partition coefficient (Wildman–Crippen LogP) is 3.22. The molecule has 1 aliphatic carbocycles. The van der Waals surface area contributed by atoms with Crippen molar-refractivity contribution in [3.63, 3.8) is 0 Å². The molecule has 2 aliphatic rings. The van der Waals surface area contributed by atoms with Crippen LogP contribution in [0.4, 0.5) is 0 Å². The summed E-state index contributed by atoms with van der Waals surface area (Å²) >= 11 is 2.95. The number of rotatable bonds is 7. The summed E-state index contributed by atoms with van der Waals surface area (Å²) < 4.78 is 7.52. The van der Waals surface area contributed by atoms with Crippen molar-refractivity contribution in [3.05, 3.63) is 20.8 Å². The molecular formula is C20H27N3O3S2. The van der Waals surface area contributed by atoms with Crippen molar-refractivity contribution in [2.75, 3.05) is 19.4 Å². The predicted molar refractivity (Wildman–Crippen MR) is 113 cm³/mol. The van der Waals surface area contributed by atoms with Gasteiger partial charge in [0.15, 0.2) is 5.16 Å². The van der Waals surface area contributed by atoms with Crippen molar-refractivity contribution in [1.82, 2.24) is 14.5 Å². The van der Waals surface area contributed by atoms with Crippen LogP contribution in [0.3, 0.4) is 0 Å². The third-order valence-electron chi connectivity index (χ3n) is 5.65. The van der Waals surface area contributed by atoms with Gasteiger partial charge in [0.05, 0.1) is 23.8 Å². The number of nitrogens with zero attached hydrogens (tertiary/aromatic N) is 3. The summed E-state index contributed by atoms with van der Waals surface area (Å²) in [5, 5.41) is 1.38. The Kier molecular flexibility index (Phi) is 5.81. The lowest BCUT2D eigenvalue weighted by atomic mass is 10.1. The van der Waals surface area contributed by atoms with E-state index in [9.17, 15) is 9.59 Å². The number of amides is 1. The Labute approximate surface area is 173 Å². The highest BCUT2D eigenvalue weighted by atomic mass is 32.2. The van der Waals surface area contributed by atoms with Gasteiger partial charge >= 0.3 is 0 Å². The third kappa shape index (κ3) is 3.86. The Morgan fingerprint density at radius 2 is 2.18 bits per heavy atom. The van der Waals surface area contributed by atoms with Crippen molar-refractivity contribution < 1.29 is 9.53 Å². The molecule has 3 heterocycles. The molecule has 6 nitrogen and oxygen atoms in total. The fourth-order valence-corrected chi connectivity index (χ4v) is 5.90. The monoisotopic (exact) mass is 421 g/mol. The molecule has 0 radical (unpaired) electrons. The maximum atomic E-state index is 13.4. The Hall–Kier alpha value is -1.38. The number of aromatic nitrogens is 2. The summed E-state index contributed by atoms with van der Waals surface area (Å²) in [6.07, 6.45) is 5.04. The Morgan fingerprint density at radius 1 is 1.39 bits per heavy atom. The van der Waals surface area contributed by atoms with Crippen molar-refractivity contribution in [2.45, 2.75) is 69.8 Å². The van der Waals surface area contributed by atoms with Crippen LogP contribution < -0.4 is 5.56 Å². The van der Waals surface area contributed by atoms with Crippen molar-refractivity contribution in [1.29, 1.82) is 0 Å². The number of carbonyl (C=O) groups excluding carboxylic acids is 1. The number of thiophene rings is 1. The zero-order valence-electron chi connectivity index (χ0n) is 16.7. The van der Waals surface area contributed by atoms with E-state index in [1.54, 1.807) is 15.9 Å². The molecule has 0 N–H and O–H groups in total. The molecule has 1 saturated heterocycles. The van der Waals surface area contributed by atoms with Gasteiger partial charge in [-0.3, -0.25) is 14.2 Å². The highest BCUT2D eigenvalue weighted by Gasteiger charge is 2.30. The smallest absolute Gasteiger partial charge is 0.263 e. The van der Waals surface area contributed by atoms with Gasteiger partial charge in [0, 0.05) is 24.6 Å². The summed E-state index contributed by atoms with van der Waals surface area (Å²) in [5.74, 6) is 0.406. The molecule has 152 valence electrons. The summed E-state index contributed by atoms with van der Waals surface area (Å²) in [6.45, 7) is 5.39. The van der Waals surface area contributed by atoms with Crippen LogP contribution in [-0.2, 0) is 22.5 Å². The number of hydrogen-bond donors (Lipinski definition) is 0. The first-order valence-electron chi connectivity index (χ1n) is 10.0. The van der Waals surface area contributed by atoms with Crippen LogP contribution in [0.2, 0.25) is 0 Å². The first-order chi connectivity index (χ1) is 13.5. The van der Waals surface area contributed by atoms with Crippen LogP contribution in [0.5, 0.6) is 0 Å². The van der Waals surface area contributed by atoms with Gasteiger partial charge in [-0.15, -0.1) is 11.3 Å². The average molecular weight is 422 g/mol. The first-order valence-corrected chi connectivity index (χ1v) is 11.8. The fourth-order valence-electron chi connectivity index (χ4n) is 3.81. The summed E-state index contributed by atoms with van der Waals surface area (Å²) in [6, 6.07) is 0.393. The van der Waals surface area contributed by atoms with Gasteiger partial charge in [0.25, 0.3) is 5.56 Å². The molecule has 2 fully saturated rings. The van der Waals surface area contributed by atoms with Crippen LogP contribution >= 0.6 is 23.1 Å². The lowest BCUT2D eigenvalue weighted by Gasteiger charge is -2.18. The second-order valence-electron chi connectivity index (χ2n) is 7.64. The van der Waals surface area contributed by atoms with Gasteiger partial charge in [0.1, 0.15) is 4.83 Å². The van der Waals surface area contributed by atoms with Crippen LogP contribution in [0, 0.1) is 6.92 Å². The number of hydrogen-bond acceptors (Lipinski definition) is 6. The highest BCUT2D eigenvalue weighted by Crippen LogP contribution is 2.31. The largest absolute Gasteiger partial charge is 0.376 e. The van der Waals surface area contributed by atoms with Gasteiger partial charge in [-0.2, -0.15) is 0 Å². The molecule has 28 heavy (non-hydrogen) atoms. The van der Waals surface area contributed by atoms with Gasteiger partial charge in [-0.05, 0) is 44.6 Å².